The van der Waals surface area contributed by atoms with Gasteiger partial charge in [-0.3, -0.25) is 9.59 Å². The number of aliphatic hydroxyl groups excluding tert-OH is 3. The quantitative estimate of drug-likeness (QED) is 0.153. The number of nitrogens with zero attached hydrogens (tertiary/aromatic N) is 1. The van der Waals surface area contributed by atoms with E-state index in [-0.39, 0.29) is 18.4 Å². The fourth-order valence-corrected chi connectivity index (χ4v) is 6.71. The van der Waals surface area contributed by atoms with Crippen LogP contribution in [0.15, 0.2) is 48.6 Å². The minimum Gasteiger partial charge on any atom is -0.481 e. The van der Waals surface area contributed by atoms with Gasteiger partial charge in [-0.25, -0.2) is 4.79 Å². The van der Waals surface area contributed by atoms with Gasteiger partial charge in [-0.05, 0) is 38.2 Å². The number of aryl methyl sites for hydroxylation is 1. The van der Waals surface area contributed by atoms with Crippen LogP contribution in [-0.2, 0) is 30.3 Å². The Morgan fingerprint density at radius 1 is 1.14 bits per heavy atom. The number of carbonyl (C=O) groups excluding carboxylic acids is 1. The van der Waals surface area contributed by atoms with Gasteiger partial charge in [0, 0.05) is 34.3 Å². The Bertz CT molecular complexity index is 1350. The number of fused-ring (bicyclic) bond motifs is 1. The largest absolute Gasteiger partial charge is 0.481 e. The Labute approximate surface area is 257 Å². The number of rotatable bonds is 14. The van der Waals surface area contributed by atoms with Crippen molar-refractivity contribution in [3.8, 4) is 0 Å². The molecular formula is C30H36ClNO10S. The van der Waals surface area contributed by atoms with E-state index < -0.39 is 48.7 Å². The number of carbonyl (C=O) groups is 3. The molecule has 0 radical (unpaired) electrons. The standard InChI is InChI=1S/C30H36ClNO10S/c31-24-19-7-4-5-8-20(19)43-21(24)14-13-18(41-30-27(38)25(36)26(37)28(42-30)29(39)40)12-10-17-11-15-22(33)32(17)16-6-2-1-3-9-23(34)35/h2,4-8,10,12,17-18,25-28,30,36-38H,1,3,9,11,13-16H2,(H,34,35)(H,39,40)/t17-,18?,25-,26-,27+,28-,30?/m0/s1. The summed E-state index contributed by atoms with van der Waals surface area (Å²) in [5.74, 6) is -2.38. The number of ether oxygens (including phenoxy) is 2. The van der Waals surface area contributed by atoms with Crippen LogP contribution >= 0.6 is 22.9 Å². The summed E-state index contributed by atoms with van der Waals surface area (Å²) in [6.07, 6.45) is 0.802. The van der Waals surface area contributed by atoms with E-state index in [2.05, 4.69) is 0 Å². The van der Waals surface area contributed by atoms with Gasteiger partial charge in [0.15, 0.2) is 12.4 Å². The van der Waals surface area contributed by atoms with Crippen LogP contribution in [0.25, 0.3) is 10.1 Å². The molecule has 7 atom stereocenters. The molecule has 1 aromatic carbocycles. The molecule has 0 aliphatic carbocycles. The Hall–Kier alpha value is -2.84. The van der Waals surface area contributed by atoms with Gasteiger partial charge in [0.1, 0.15) is 18.3 Å². The highest BCUT2D eigenvalue weighted by molar-refractivity contribution is 7.19. The number of benzene rings is 1. The normalized spacial score (nSPS) is 27.1. The van der Waals surface area contributed by atoms with Crippen LogP contribution in [0.1, 0.15) is 43.4 Å². The summed E-state index contributed by atoms with van der Waals surface area (Å²) in [5.41, 5.74) is 0. The SMILES string of the molecule is O=C(O)CCCC=CCN1C(=O)CC[C@@H]1C=CC(CCc1sc2ccccc2c1Cl)OC1O[C@H](C(=O)O)[C@@H](O)[C@H](O)[C@H]1O. The van der Waals surface area contributed by atoms with Crippen molar-refractivity contribution in [2.24, 2.45) is 0 Å². The monoisotopic (exact) mass is 637 g/mol. The number of likely N-dealkylation sites (tertiary alicyclic amines) is 1. The first-order valence-corrected chi connectivity index (χ1v) is 15.3. The highest BCUT2D eigenvalue weighted by Crippen LogP contribution is 2.36. The van der Waals surface area contributed by atoms with Gasteiger partial charge in [0.05, 0.1) is 17.2 Å². The average Bonchev–Trinajstić information content (AvgIpc) is 3.49. The van der Waals surface area contributed by atoms with Crippen LogP contribution in [0.2, 0.25) is 5.02 Å². The molecule has 5 N–H and O–H groups in total. The smallest absolute Gasteiger partial charge is 0.335 e. The molecule has 2 aliphatic heterocycles. The average molecular weight is 638 g/mol. The number of aliphatic carboxylic acids is 2. The van der Waals surface area contributed by atoms with Gasteiger partial charge in [-0.2, -0.15) is 0 Å². The molecule has 2 aromatic rings. The summed E-state index contributed by atoms with van der Waals surface area (Å²) in [7, 11) is 0. The molecule has 2 fully saturated rings. The van der Waals surface area contributed by atoms with Crippen molar-refractivity contribution >= 4 is 50.9 Å². The van der Waals surface area contributed by atoms with Crippen LogP contribution in [0.5, 0.6) is 0 Å². The number of hydrogen-bond acceptors (Lipinski definition) is 9. The van der Waals surface area contributed by atoms with Crippen molar-refractivity contribution in [1.82, 2.24) is 4.90 Å². The molecule has 4 rings (SSSR count). The lowest BCUT2D eigenvalue weighted by atomic mass is 9.99. The topological polar surface area (TPSA) is 174 Å². The molecule has 0 bridgehead atoms. The summed E-state index contributed by atoms with van der Waals surface area (Å²) in [6, 6.07) is 7.49. The maximum Gasteiger partial charge on any atom is 0.335 e. The van der Waals surface area contributed by atoms with Crippen molar-refractivity contribution in [3.63, 3.8) is 0 Å². The van der Waals surface area contributed by atoms with Gasteiger partial charge in [0.25, 0.3) is 0 Å². The molecule has 234 valence electrons. The lowest BCUT2D eigenvalue weighted by Crippen LogP contribution is -2.60. The van der Waals surface area contributed by atoms with Gasteiger partial charge >= 0.3 is 11.9 Å². The van der Waals surface area contributed by atoms with Crippen LogP contribution < -0.4 is 0 Å². The van der Waals surface area contributed by atoms with E-state index >= 15 is 0 Å². The zero-order valence-corrected chi connectivity index (χ0v) is 24.9. The highest BCUT2D eigenvalue weighted by atomic mass is 35.5. The summed E-state index contributed by atoms with van der Waals surface area (Å²) in [4.78, 5) is 37.5. The Morgan fingerprint density at radius 3 is 2.63 bits per heavy atom. The molecule has 11 nitrogen and oxygen atoms in total. The number of hydrogen-bond donors (Lipinski definition) is 5. The molecule has 0 spiro atoms. The van der Waals surface area contributed by atoms with Gasteiger partial charge in [-0.1, -0.05) is 54.1 Å². The van der Waals surface area contributed by atoms with Gasteiger partial charge < -0.3 is 39.9 Å². The first kappa shape index (κ1) is 33.1. The third-order valence-electron chi connectivity index (χ3n) is 7.53. The minimum absolute atomic E-state index is 0.0215. The van der Waals surface area contributed by atoms with Crippen LogP contribution in [0.4, 0.5) is 0 Å². The second-order valence-corrected chi connectivity index (χ2v) is 12.1. The van der Waals surface area contributed by atoms with Crippen LogP contribution in [0, 0.1) is 0 Å². The van der Waals surface area contributed by atoms with Crippen molar-refractivity contribution in [3.05, 3.63) is 58.5 Å². The number of allylic oxidation sites excluding steroid dienone is 1. The fraction of sp³-hybridized carbons (Fsp3) is 0.500. The Balaban J connectivity index is 1.49. The number of unbranched alkanes of at least 4 members (excludes halogenated alkanes) is 1. The third kappa shape index (κ3) is 8.42. The van der Waals surface area contributed by atoms with E-state index in [1.165, 1.54) is 0 Å². The third-order valence-corrected chi connectivity index (χ3v) is 9.31. The van der Waals surface area contributed by atoms with E-state index in [1.54, 1.807) is 22.3 Å². The van der Waals surface area contributed by atoms with Crippen molar-refractivity contribution in [2.45, 2.75) is 87.8 Å². The molecule has 13 heteroatoms. The number of aliphatic hydroxyl groups is 3. The first-order valence-electron chi connectivity index (χ1n) is 14.1. The van der Waals surface area contributed by atoms with E-state index in [4.69, 9.17) is 26.2 Å². The molecule has 2 saturated heterocycles. The predicted octanol–water partition coefficient (Wildman–Crippen LogP) is 3.12. The van der Waals surface area contributed by atoms with E-state index in [0.29, 0.717) is 50.1 Å². The molecule has 0 saturated carbocycles. The highest BCUT2D eigenvalue weighted by Gasteiger charge is 2.48. The second kappa shape index (κ2) is 15.2. The van der Waals surface area contributed by atoms with E-state index in [0.717, 1.165) is 15.0 Å². The maximum atomic E-state index is 12.6. The molecule has 2 aliphatic rings. The Kier molecular flexibility index (Phi) is 11.7. The number of halogens is 1. The molecule has 1 aromatic heterocycles. The van der Waals surface area contributed by atoms with Crippen molar-refractivity contribution < 1.29 is 49.4 Å². The van der Waals surface area contributed by atoms with Crippen LogP contribution in [-0.4, -0.2) is 97.7 Å². The number of carboxylic acids is 2. The second-order valence-electron chi connectivity index (χ2n) is 10.6. The summed E-state index contributed by atoms with van der Waals surface area (Å²) < 4.78 is 12.4. The lowest BCUT2D eigenvalue weighted by molar-refractivity contribution is -0.300. The number of amides is 1. The van der Waals surface area contributed by atoms with Crippen LogP contribution in [0.3, 0.4) is 0 Å². The summed E-state index contributed by atoms with van der Waals surface area (Å²) in [6.45, 7) is 0.360. The zero-order valence-electron chi connectivity index (χ0n) is 23.3. The summed E-state index contributed by atoms with van der Waals surface area (Å²) >= 11 is 8.18. The first-order chi connectivity index (χ1) is 20.6. The van der Waals surface area contributed by atoms with Crippen molar-refractivity contribution in [1.29, 1.82) is 0 Å². The number of carboxylic acid groups (broad SMARTS) is 2. The molecular weight excluding hydrogens is 602 g/mol. The van der Waals surface area contributed by atoms with E-state index in [9.17, 15) is 34.8 Å². The molecule has 1 amide bonds. The molecule has 43 heavy (non-hydrogen) atoms. The Morgan fingerprint density at radius 2 is 1.91 bits per heavy atom. The zero-order chi connectivity index (χ0) is 31.1. The number of thiophene rings is 1. The molecule has 2 unspecified atom stereocenters. The summed E-state index contributed by atoms with van der Waals surface area (Å²) in [5, 5.41) is 50.6. The molecule has 3 heterocycles. The minimum atomic E-state index is -1.84. The van der Waals surface area contributed by atoms with Gasteiger partial charge in [-0.15, -0.1) is 11.3 Å². The van der Waals surface area contributed by atoms with Crippen molar-refractivity contribution in [2.75, 3.05) is 6.54 Å². The predicted molar refractivity (Wildman–Crippen MR) is 159 cm³/mol. The fourth-order valence-electron chi connectivity index (χ4n) is 5.17. The van der Waals surface area contributed by atoms with Gasteiger partial charge in [0.2, 0.25) is 5.91 Å². The lowest BCUT2D eigenvalue weighted by Gasteiger charge is -2.39. The van der Waals surface area contributed by atoms with E-state index in [1.807, 2.05) is 42.5 Å². The maximum absolute atomic E-state index is 12.6.